The summed E-state index contributed by atoms with van der Waals surface area (Å²) in [5, 5.41) is 4.15. The van der Waals surface area contributed by atoms with Crippen LogP contribution >= 0.6 is 0 Å². The van der Waals surface area contributed by atoms with Gasteiger partial charge in [0.15, 0.2) is 5.75 Å². The Morgan fingerprint density at radius 1 is 0.943 bits per heavy atom. The summed E-state index contributed by atoms with van der Waals surface area (Å²) in [5.41, 5.74) is 2.43. The third-order valence-electron chi connectivity index (χ3n) is 5.22. The van der Waals surface area contributed by atoms with Crippen LogP contribution in [0.25, 0.3) is 10.9 Å². The molecule has 1 N–H and O–H groups in total. The van der Waals surface area contributed by atoms with Crippen molar-refractivity contribution >= 4 is 28.9 Å². The van der Waals surface area contributed by atoms with Gasteiger partial charge in [0.1, 0.15) is 5.52 Å². The Bertz CT molecular complexity index is 1330. The summed E-state index contributed by atoms with van der Waals surface area (Å²) in [7, 11) is 3.23. The lowest BCUT2D eigenvalue weighted by atomic mass is 9.95. The van der Waals surface area contributed by atoms with Crippen LogP contribution in [0.5, 0.6) is 5.75 Å². The standard InChI is InChI=1S/C26H25N5O4/c1-4-34-24(32)19-10-8-18(9-11-19)21(30-25-28-15-6-16-29-25)20-13-12-17-7-5-14-27-22(17)23(20)35-26(33)31(2)3/h5-16,21H,4H2,1-3H3,(H,28,29,30). The minimum atomic E-state index is -0.531. The first-order chi connectivity index (χ1) is 17.0. The number of hydrogen-bond donors (Lipinski definition) is 1. The Balaban J connectivity index is 1.85. The SMILES string of the molecule is CCOC(=O)c1ccc(C(Nc2ncccn2)c2ccc3cccnc3c2OC(=O)N(C)C)cc1. The van der Waals surface area contributed by atoms with E-state index in [0.717, 1.165) is 10.9 Å². The Kier molecular flexibility index (Phi) is 7.15. The zero-order chi connectivity index (χ0) is 24.8. The van der Waals surface area contributed by atoms with E-state index in [1.807, 2.05) is 36.4 Å². The van der Waals surface area contributed by atoms with Crippen molar-refractivity contribution in [1.82, 2.24) is 19.9 Å². The molecule has 4 rings (SSSR count). The zero-order valence-corrected chi connectivity index (χ0v) is 19.6. The van der Waals surface area contributed by atoms with Crippen molar-refractivity contribution in [1.29, 1.82) is 0 Å². The van der Waals surface area contributed by atoms with Crippen molar-refractivity contribution in [2.24, 2.45) is 0 Å². The quantitative estimate of drug-likeness (QED) is 0.394. The fraction of sp³-hybridized carbons (Fsp3) is 0.192. The van der Waals surface area contributed by atoms with E-state index in [9.17, 15) is 9.59 Å². The first-order valence-corrected chi connectivity index (χ1v) is 11.0. The molecule has 1 unspecified atom stereocenters. The molecule has 178 valence electrons. The highest BCUT2D eigenvalue weighted by Gasteiger charge is 2.24. The third kappa shape index (κ3) is 5.35. The normalized spacial score (nSPS) is 11.5. The second-order valence-electron chi connectivity index (χ2n) is 7.81. The maximum atomic E-state index is 12.6. The minimum Gasteiger partial charge on any atom is -0.462 e. The molecule has 0 fully saturated rings. The number of aromatic nitrogens is 3. The summed E-state index contributed by atoms with van der Waals surface area (Å²) in [6.07, 6.45) is 4.38. The molecule has 9 heteroatoms. The molecule has 0 saturated carbocycles. The van der Waals surface area contributed by atoms with Crippen LogP contribution in [0.3, 0.4) is 0 Å². The van der Waals surface area contributed by atoms with Gasteiger partial charge in [-0.1, -0.05) is 30.3 Å². The van der Waals surface area contributed by atoms with Gasteiger partial charge < -0.3 is 19.7 Å². The molecule has 0 radical (unpaired) electrons. The van der Waals surface area contributed by atoms with Crippen LogP contribution in [-0.4, -0.2) is 52.6 Å². The molecule has 0 aliphatic carbocycles. The van der Waals surface area contributed by atoms with Crippen LogP contribution in [0, 0.1) is 0 Å². The Hall–Kier alpha value is -4.53. The van der Waals surface area contributed by atoms with Gasteiger partial charge in [0, 0.05) is 43.6 Å². The molecule has 4 aromatic rings. The maximum absolute atomic E-state index is 12.6. The molecule has 1 atom stereocenters. The van der Waals surface area contributed by atoms with Crippen LogP contribution in [0.4, 0.5) is 10.7 Å². The second-order valence-corrected chi connectivity index (χ2v) is 7.81. The van der Waals surface area contributed by atoms with Crippen LogP contribution in [0.2, 0.25) is 0 Å². The average molecular weight is 472 g/mol. The number of carbonyl (C=O) groups excluding carboxylic acids is 2. The number of carbonyl (C=O) groups is 2. The molecule has 2 aromatic carbocycles. The summed E-state index contributed by atoms with van der Waals surface area (Å²) >= 11 is 0. The van der Waals surface area contributed by atoms with Gasteiger partial charge in [0.25, 0.3) is 0 Å². The number of nitrogens with one attached hydrogen (secondary N) is 1. The van der Waals surface area contributed by atoms with E-state index in [-0.39, 0.29) is 0 Å². The number of rotatable bonds is 7. The number of benzene rings is 2. The molecule has 2 aromatic heterocycles. The summed E-state index contributed by atoms with van der Waals surface area (Å²) in [4.78, 5) is 39.1. The smallest absolute Gasteiger partial charge is 0.414 e. The third-order valence-corrected chi connectivity index (χ3v) is 5.22. The molecular formula is C26H25N5O4. The van der Waals surface area contributed by atoms with E-state index < -0.39 is 18.1 Å². The van der Waals surface area contributed by atoms with Crippen LogP contribution < -0.4 is 10.1 Å². The Labute approximate surface area is 202 Å². The predicted molar refractivity (Wildman–Crippen MR) is 131 cm³/mol. The molecule has 0 saturated heterocycles. The number of ether oxygens (including phenoxy) is 2. The van der Waals surface area contributed by atoms with Crippen molar-refractivity contribution in [2.75, 3.05) is 26.0 Å². The van der Waals surface area contributed by atoms with Crippen LogP contribution in [-0.2, 0) is 4.74 Å². The van der Waals surface area contributed by atoms with E-state index in [4.69, 9.17) is 9.47 Å². The lowest BCUT2D eigenvalue weighted by molar-refractivity contribution is 0.0526. The lowest BCUT2D eigenvalue weighted by Crippen LogP contribution is -2.26. The van der Waals surface area contributed by atoms with Crippen molar-refractivity contribution < 1.29 is 19.1 Å². The van der Waals surface area contributed by atoms with Gasteiger partial charge >= 0.3 is 12.1 Å². The zero-order valence-electron chi connectivity index (χ0n) is 19.6. The first kappa shape index (κ1) is 23.6. The molecule has 0 bridgehead atoms. The van der Waals surface area contributed by atoms with Gasteiger partial charge in [-0.25, -0.2) is 19.6 Å². The van der Waals surface area contributed by atoms with Gasteiger partial charge in [0.05, 0.1) is 18.2 Å². The van der Waals surface area contributed by atoms with Gasteiger partial charge in [-0.2, -0.15) is 0 Å². The molecule has 0 spiro atoms. The van der Waals surface area contributed by atoms with Gasteiger partial charge in [-0.15, -0.1) is 0 Å². The highest BCUT2D eigenvalue weighted by molar-refractivity contribution is 5.90. The summed E-state index contributed by atoms with van der Waals surface area (Å²) in [6, 6.07) is 15.7. The van der Waals surface area contributed by atoms with Crippen molar-refractivity contribution in [2.45, 2.75) is 13.0 Å². The fourth-order valence-electron chi connectivity index (χ4n) is 3.52. The second kappa shape index (κ2) is 10.6. The number of anilines is 1. The van der Waals surface area contributed by atoms with E-state index in [1.54, 1.807) is 57.8 Å². The van der Waals surface area contributed by atoms with E-state index >= 15 is 0 Å². The van der Waals surface area contributed by atoms with Crippen LogP contribution in [0.1, 0.15) is 34.5 Å². The van der Waals surface area contributed by atoms with Gasteiger partial charge in [-0.3, -0.25) is 4.98 Å². The van der Waals surface area contributed by atoms with Crippen molar-refractivity contribution in [3.8, 4) is 5.75 Å². The fourth-order valence-corrected chi connectivity index (χ4v) is 3.52. The summed E-state index contributed by atoms with van der Waals surface area (Å²) in [6.45, 7) is 2.05. The molecule has 0 aliphatic heterocycles. The Morgan fingerprint density at radius 3 is 2.34 bits per heavy atom. The number of nitrogens with zero attached hydrogens (tertiary/aromatic N) is 4. The molecule has 35 heavy (non-hydrogen) atoms. The molecule has 0 aliphatic rings. The molecule has 2 heterocycles. The minimum absolute atomic E-state index is 0.292. The Morgan fingerprint density at radius 2 is 1.66 bits per heavy atom. The summed E-state index contributed by atoms with van der Waals surface area (Å²) in [5.74, 6) is 0.313. The molecule has 9 nitrogen and oxygen atoms in total. The maximum Gasteiger partial charge on any atom is 0.414 e. The largest absolute Gasteiger partial charge is 0.462 e. The van der Waals surface area contributed by atoms with Gasteiger partial charge in [0.2, 0.25) is 5.95 Å². The predicted octanol–water partition coefficient (Wildman–Crippen LogP) is 4.46. The van der Waals surface area contributed by atoms with E-state index in [0.29, 0.717) is 34.9 Å². The highest BCUT2D eigenvalue weighted by Crippen LogP contribution is 2.37. The van der Waals surface area contributed by atoms with Crippen molar-refractivity contribution in [3.63, 3.8) is 0 Å². The van der Waals surface area contributed by atoms with Crippen LogP contribution in [0.15, 0.2) is 73.2 Å². The lowest BCUT2D eigenvalue weighted by Gasteiger charge is -2.23. The number of hydrogen-bond acceptors (Lipinski definition) is 8. The first-order valence-electron chi connectivity index (χ1n) is 11.0. The average Bonchev–Trinajstić information content (AvgIpc) is 2.88. The van der Waals surface area contributed by atoms with E-state index in [1.165, 1.54) is 4.90 Å². The van der Waals surface area contributed by atoms with Gasteiger partial charge in [-0.05, 0) is 36.8 Å². The topological polar surface area (TPSA) is 107 Å². The number of pyridine rings is 1. The monoisotopic (exact) mass is 471 g/mol. The number of amides is 1. The van der Waals surface area contributed by atoms with E-state index in [2.05, 4.69) is 20.3 Å². The summed E-state index contributed by atoms with van der Waals surface area (Å²) < 4.78 is 10.9. The van der Waals surface area contributed by atoms with Crippen molar-refractivity contribution in [3.05, 3.63) is 89.9 Å². The molecular weight excluding hydrogens is 446 g/mol. The molecule has 1 amide bonds. The number of esters is 1. The highest BCUT2D eigenvalue weighted by atomic mass is 16.6. The number of fused-ring (bicyclic) bond motifs is 1.